The first-order valence-corrected chi connectivity index (χ1v) is 10.3. The monoisotopic (exact) mass is 395 g/mol. The van der Waals surface area contributed by atoms with Gasteiger partial charge < -0.3 is 25.4 Å². The minimum absolute atomic E-state index is 0.180. The topological polar surface area (TPSA) is 108 Å². The molecule has 8 nitrogen and oxygen atoms in total. The molecule has 3 saturated heterocycles. The Bertz CT molecular complexity index is 661. The fraction of sp³-hybridized carbons (Fsp3) is 0.850. The summed E-state index contributed by atoms with van der Waals surface area (Å²) in [4.78, 5) is 40.9. The highest BCUT2D eigenvalue weighted by Crippen LogP contribution is 2.58. The Morgan fingerprint density at radius 1 is 1.36 bits per heavy atom. The van der Waals surface area contributed by atoms with Crippen LogP contribution in [0.2, 0.25) is 0 Å². The van der Waals surface area contributed by atoms with E-state index in [-0.39, 0.29) is 30.4 Å². The molecule has 3 N–H and O–H groups in total. The molecule has 3 rings (SSSR count). The number of likely N-dealkylation sites (tertiary alicyclic amines) is 1. The van der Waals surface area contributed by atoms with E-state index >= 15 is 0 Å². The van der Waals surface area contributed by atoms with Crippen LogP contribution in [0.1, 0.15) is 53.9 Å². The van der Waals surface area contributed by atoms with Gasteiger partial charge in [-0.05, 0) is 47.0 Å². The lowest BCUT2D eigenvalue weighted by atomic mass is 9.70. The number of hydrogen-bond acceptors (Lipinski definition) is 5. The van der Waals surface area contributed by atoms with Crippen molar-refractivity contribution in [1.29, 1.82) is 0 Å². The van der Waals surface area contributed by atoms with E-state index < -0.39 is 35.1 Å². The average Bonchev–Trinajstić information content (AvgIpc) is 3.24. The molecule has 3 aliphatic heterocycles. The van der Waals surface area contributed by atoms with Crippen LogP contribution in [0.5, 0.6) is 0 Å². The molecule has 0 aromatic carbocycles. The Morgan fingerprint density at radius 2 is 2.04 bits per heavy atom. The van der Waals surface area contributed by atoms with Gasteiger partial charge >= 0.3 is 0 Å². The van der Waals surface area contributed by atoms with Crippen molar-refractivity contribution in [3.8, 4) is 0 Å². The molecule has 0 aliphatic carbocycles. The summed E-state index contributed by atoms with van der Waals surface area (Å²) in [5.74, 6) is -2.02. The third-order valence-electron chi connectivity index (χ3n) is 6.08. The van der Waals surface area contributed by atoms with Crippen molar-refractivity contribution in [1.82, 2.24) is 15.5 Å². The van der Waals surface area contributed by atoms with Crippen LogP contribution in [-0.2, 0) is 19.1 Å². The van der Waals surface area contributed by atoms with E-state index in [0.717, 1.165) is 6.42 Å². The van der Waals surface area contributed by atoms with Gasteiger partial charge in [-0.3, -0.25) is 14.4 Å². The maximum Gasteiger partial charge on any atom is 0.246 e. The standard InChI is InChI=1S/C20H33N3O5/c1-6-9-21-16(25)13-12-7-8-20(28-12)14(13)18(27)23(11(2)10-24)15(20)17(26)22-19(3,4)5/h11-15,24H,6-10H2,1-5H3,(H,21,25)(H,22,26)/t11-,12-,13+,14+,15?,20?/m1/s1. The zero-order valence-corrected chi connectivity index (χ0v) is 17.4. The largest absolute Gasteiger partial charge is 0.394 e. The van der Waals surface area contributed by atoms with Crippen LogP contribution in [0.4, 0.5) is 0 Å². The number of carbonyl (C=O) groups excluding carboxylic acids is 3. The third kappa shape index (κ3) is 3.20. The number of fused-ring (bicyclic) bond motifs is 1. The molecule has 3 heterocycles. The molecule has 0 aromatic heterocycles. The van der Waals surface area contributed by atoms with Crippen molar-refractivity contribution in [3.63, 3.8) is 0 Å². The van der Waals surface area contributed by atoms with Crippen molar-refractivity contribution >= 4 is 17.7 Å². The van der Waals surface area contributed by atoms with Crippen molar-refractivity contribution in [2.24, 2.45) is 11.8 Å². The van der Waals surface area contributed by atoms with Gasteiger partial charge in [-0.2, -0.15) is 0 Å². The molecule has 6 atom stereocenters. The molecule has 0 aromatic rings. The molecule has 0 radical (unpaired) electrons. The third-order valence-corrected chi connectivity index (χ3v) is 6.08. The van der Waals surface area contributed by atoms with E-state index in [0.29, 0.717) is 19.4 Å². The smallest absolute Gasteiger partial charge is 0.246 e. The quantitative estimate of drug-likeness (QED) is 0.595. The first kappa shape index (κ1) is 21.0. The highest BCUT2D eigenvalue weighted by Gasteiger charge is 2.74. The maximum atomic E-state index is 13.4. The summed E-state index contributed by atoms with van der Waals surface area (Å²) in [5.41, 5.74) is -1.48. The average molecular weight is 396 g/mol. The molecule has 3 aliphatic rings. The van der Waals surface area contributed by atoms with Crippen molar-refractivity contribution in [3.05, 3.63) is 0 Å². The molecular formula is C20H33N3O5. The van der Waals surface area contributed by atoms with Gasteiger partial charge in [-0.1, -0.05) is 6.92 Å². The zero-order valence-electron chi connectivity index (χ0n) is 17.4. The van der Waals surface area contributed by atoms with Gasteiger partial charge in [-0.15, -0.1) is 0 Å². The second-order valence-electron chi connectivity index (χ2n) is 9.36. The van der Waals surface area contributed by atoms with Crippen LogP contribution in [0, 0.1) is 11.8 Å². The number of carbonyl (C=O) groups is 3. The molecule has 2 unspecified atom stereocenters. The highest BCUT2D eigenvalue weighted by atomic mass is 16.5. The summed E-state index contributed by atoms with van der Waals surface area (Å²) in [6, 6.07) is -1.38. The van der Waals surface area contributed by atoms with Gasteiger partial charge in [0.15, 0.2) is 0 Å². The summed E-state index contributed by atoms with van der Waals surface area (Å²) in [6.45, 7) is 9.60. The van der Waals surface area contributed by atoms with Crippen LogP contribution in [0.3, 0.4) is 0 Å². The van der Waals surface area contributed by atoms with E-state index in [1.54, 1.807) is 6.92 Å². The summed E-state index contributed by atoms with van der Waals surface area (Å²) < 4.78 is 6.28. The van der Waals surface area contributed by atoms with Crippen molar-refractivity contribution in [2.75, 3.05) is 13.2 Å². The minimum atomic E-state index is -1.01. The summed E-state index contributed by atoms with van der Waals surface area (Å²) in [6.07, 6.45) is 1.66. The van der Waals surface area contributed by atoms with Gasteiger partial charge in [-0.25, -0.2) is 0 Å². The predicted molar refractivity (Wildman–Crippen MR) is 102 cm³/mol. The number of aliphatic hydroxyl groups excluding tert-OH is 1. The molecule has 28 heavy (non-hydrogen) atoms. The van der Waals surface area contributed by atoms with E-state index in [4.69, 9.17) is 4.74 Å². The minimum Gasteiger partial charge on any atom is -0.394 e. The SMILES string of the molecule is CCCNC(=O)[C@@H]1[C@H]2C(=O)N([C@H](C)CO)C(C(=O)NC(C)(C)C)C23CC[C@H]1O3. The lowest BCUT2D eigenvalue weighted by molar-refractivity contribution is -0.145. The molecule has 158 valence electrons. The number of rotatable bonds is 6. The number of aliphatic hydroxyl groups is 1. The number of nitrogens with zero attached hydrogens (tertiary/aromatic N) is 1. The van der Waals surface area contributed by atoms with Gasteiger partial charge in [0.25, 0.3) is 0 Å². The van der Waals surface area contributed by atoms with Crippen molar-refractivity contribution in [2.45, 2.75) is 83.2 Å². The van der Waals surface area contributed by atoms with Crippen LogP contribution in [-0.4, -0.2) is 70.2 Å². The second kappa shape index (κ2) is 7.30. The summed E-state index contributed by atoms with van der Waals surface area (Å²) in [7, 11) is 0. The number of ether oxygens (including phenoxy) is 1. The Hall–Kier alpha value is -1.67. The van der Waals surface area contributed by atoms with Gasteiger partial charge in [0.05, 0.1) is 30.6 Å². The van der Waals surface area contributed by atoms with Crippen LogP contribution < -0.4 is 10.6 Å². The zero-order chi connectivity index (χ0) is 20.9. The van der Waals surface area contributed by atoms with Crippen LogP contribution in [0.15, 0.2) is 0 Å². The fourth-order valence-corrected chi connectivity index (χ4v) is 5.06. The van der Waals surface area contributed by atoms with Gasteiger partial charge in [0.1, 0.15) is 11.6 Å². The van der Waals surface area contributed by atoms with Gasteiger partial charge in [0, 0.05) is 12.1 Å². The molecule has 3 amide bonds. The maximum absolute atomic E-state index is 13.4. The fourth-order valence-electron chi connectivity index (χ4n) is 5.06. The first-order valence-electron chi connectivity index (χ1n) is 10.3. The second-order valence-corrected chi connectivity index (χ2v) is 9.36. The molecule has 1 spiro atoms. The Morgan fingerprint density at radius 3 is 2.61 bits per heavy atom. The predicted octanol–water partition coefficient (Wildman–Crippen LogP) is 0.183. The van der Waals surface area contributed by atoms with Crippen molar-refractivity contribution < 1.29 is 24.2 Å². The Kier molecular flexibility index (Phi) is 5.49. The number of amides is 3. The summed E-state index contributed by atoms with van der Waals surface area (Å²) >= 11 is 0. The molecule has 0 saturated carbocycles. The number of hydrogen-bond donors (Lipinski definition) is 3. The highest BCUT2D eigenvalue weighted by molar-refractivity contribution is 5.99. The Balaban J connectivity index is 1.99. The summed E-state index contributed by atoms with van der Waals surface area (Å²) in [5, 5.41) is 15.6. The molecular weight excluding hydrogens is 362 g/mol. The Labute approximate surface area is 166 Å². The molecule has 2 bridgehead atoms. The number of nitrogens with one attached hydrogen (secondary N) is 2. The van der Waals surface area contributed by atoms with E-state index in [2.05, 4.69) is 10.6 Å². The molecule has 8 heteroatoms. The normalized spacial score (nSPS) is 35.1. The van der Waals surface area contributed by atoms with Crippen LogP contribution >= 0.6 is 0 Å². The van der Waals surface area contributed by atoms with Gasteiger partial charge in [0.2, 0.25) is 17.7 Å². The lowest BCUT2D eigenvalue weighted by Crippen LogP contribution is -2.60. The first-order chi connectivity index (χ1) is 13.1. The van der Waals surface area contributed by atoms with E-state index in [1.807, 2.05) is 27.7 Å². The van der Waals surface area contributed by atoms with E-state index in [9.17, 15) is 19.5 Å². The lowest BCUT2D eigenvalue weighted by Gasteiger charge is -2.37. The molecule has 3 fully saturated rings. The van der Waals surface area contributed by atoms with Crippen LogP contribution in [0.25, 0.3) is 0 Å². The van der Waals surface area contributed by atoms with E-state index in [1.165, 1.54) is 4.90 Å².